The summed E-state index contributed by atoms with van der Waals surface area (Å²) in [7, 11) is 0. The number of piperazine rings is 1. The molecule has 1 fully saturated rings. The molecule has 0 amide bonds. The molecule has 20 heavy (non-hydrogen) atoms. The van der Waals surface area contributed by atoms with Crippen molar-refractivity contribution in [2.75, 3.05) is 13.1 Å². The van der Waals surface area contributed by atoms with Crippen molar-refractivity contribution in [3.63, 3.8) is 0 Å². The van der Waals surface area contributed by atoms with Crippen molar-refractivity contribution in [1.82, 2.24) is 10.2 Å². The Morgan fingerprint density at radius 3 is 2.60 bits per heavy atom. The van der Waals surface area contributed by atoms with Crippen molar-refractivity contribution >= 4 is 11.3 Å². The zero-order valence-corrected chi connectivity index (χ0v) is 14.5. The number of nitrogens with zero attached hydrogens (tertiary/aromatic N) is 1. The van der Waals surface area contributed by atoms with Crippen LogP contribution in [0.25, 0.3) is 0 Å². The lowest BCUT2D eigenvalue weighted by atomic mass is 9.90. The van der Waals surface area contributed by atoms with Gasteiger partial charge in [0.05, 0.1) is 0 Å². The number of rotatable bonds is 5. The highest BCUT2D eigenvalue weighted by molar-refractivity contribution is 7.11. The van der Waals surface area contributed by atoms with E-state index in [9.17, 15) is 0 Å². The monoisotopic (exact) mass is 294 g/mol. The Kier molecular flexibility index (Phi) is 5.27. The molecule has 2 unspecified atom stereocenters. The van der Waals surface area contributed by atoms with Gasteiger partial charge in [-0.3, -0.25) is 4.90 Å². The molecule has 114 valence electrons. The van der Waals surface area contributed by atoms with E-state index in [2.05, 4.69) is 57.0 Å². The van der Waals surface area contributed by atoms with Gasteiger partial charge in [0, 0.05) is 41.0 Å². The second-order valence-corrected chi connectivity index (χ2v) is 7.99. The lowest BCUT2D eigenvalue weighted by Crippen LogP contribution is -2.63. The summed E-state index contributed by atoms with van der Waals surface area (Å²) in [6.07, 6.45) is 2.35. The van der Waals surface area contributed by atoms with Gasteiger partial charge in [0.15, 0.2) is 0 Å². The van der Waals surface area contributed by atoms with Crippen molar-refractivity contribution in [3.8, 4) is 0 Å². The zero-order valence-electron chi connectivity index (χ0n) is 13.7. The first-order chi connectivity index (χ1) is 9.47. The van der Waals surface area contributed by atoms with Crippen LogP contribution in [0.4, 0.5) is 0 Å². The summed E-state index contributed by atoms with van der Waals surface area (Å²) in [5, 5.41) is 3.77. The zero-order chi connectivity index (χ0) is 14.8. The molecule has 1 aliphatic heterocycles. The number of hydrogen-bond acceptors (Lipinski definition) is 3. The molecule has 1 aromatic rings. The third-order valence-corrected chi connectivity index (χ3v) is 5.95. The highest BCUT2D eigenvalue weighted by atomic mass is 32.1. The second kappa shape index (κ2) is 6.59. The lowest BCUT2D eigenvalue weighted by Gasteiger charge is -2.47. The van der Waals surface area contributed by atoms with Crippen LogP contribution in [-0.2, 0) is 13.0 Å². The third-order valence-electron chi connectivity index (χ3n) is 4.73. The van der Waals surface area contributed by atoms with Gasteiger partial charge >= 0.3 is 0 Å². The van der Waals surface area contributed by atoms with Gasteiger partial charge in [-0.1, -0.05) is 27.7 Å². The van der Waals surface area contributed by atoms with Gasteiger partial charge in [-0.25, -0.2) is 0 Å². The fourth-order valence-corrected chi connectivity index (χ4v) is 4.05. The summed E-state index contributed by atoms with van der Waals surface area (Å²) in [4.78, 5) is 5.73. The maximum atomic E-state index is 3.77. The van der Waals surface area contributed by atoms with Crippen LogP contribution in [0.15, 0.2) is 12.1 Å². The van der Waals surface area contributed by atoms with E-state index in [-0.39, 0.29) is 5.54 Å². The SMILES string of the molecule is CCc1ccc(CN2CC(C)(CC)NCC2C(C)C)s1. The van der Waals surface area contributed by atoms with E-state index in [1.807, 2.05) is 11.3 Å². The summed E-state index contributed by atoms with van der Waals surface area (Å²) in [5.74, 6) is 0.703. The second-order valence-electron chi connectivity index (χ2n) is 6.73. The molecule has 1 aliphatic rings. The minimum atomic E-state index is 0.274. The molecule has 2 atom stereocenters. The lowest BCUT2D eigenvalue weighted by molar-refractivity contribution is 0.0547. The van der Waals surface area contributed by atoms with Gasteiger partial charge in [0.25, 0.3) is 0 Å². The van der Waals surface area contributed by atoms with Crippen LogP contribution >= 0.6 is 11.3 Å². The summed E-state index contributed by atoms with van der Waals surface area (Å²) in [6, 6.07) is 5.28. The predicted octanol–water partition coefficient (Wildman–Crippen LogP) is 3.91. The number of aryl methyl sites for hydroxylation is 1. The minimum absolute atomic E-state index is 0.274. The standard InChI is InChI=1S/C17H30N2S/c1-6-14-8-9-15(20-14)11-19-12-17(5,7-2)18-10-16(19)13(3)4/h8-9,13,16,18H,6-7,10-12H2,1-5H3. The van der Waals surface area contributed by atoms with Crippen molar-refractivity contribution in [2.24, 2.45) is 5.92 Å². The molecule has 0 saturated carbocycles. The smallest absolute Gasteiger partial charge is 0.0332 e. The van der Waals surface area contributed by atoms with E-state index in [1.165, 1.54) is 16.2 Å². The average Bonchev–Trinajstić information content (AvgIpc) is 2.86. The molecule has 1 N–H and O–H groups in total. The molecule has 0 bridgehead atoms. The van der Waals surface area contributed by atoms with E-state index in [4.69, 9.17) is 0 Å². The van der Waals surface area contributed by atoms with E-state index in [0.717, 1.165) is 26.1 Å². The molecule has 1 aromatic heterocycles. The molecule has 0 aromatic carbocycles. The van der Waals surface area contributed by atoms with Crippen LogP contribution < -0.4 is 5.32 Å². The molecule has 0 radical (unpaired) electrons. The van der Waals surface area contributed by atoms with E-state index in [1.54, 1.807) is 0 Å². The normalized spacial score (nSPS) is 28.2. The molecule has 1 saturated heterocycles. The van der Waals surface area contributed by atoms with Gasteiger partial charge < -0.3 is 5.32 Å². The quantitative estimate of drug-likeness (QED) is 0.886. The maximum Gasteiger partial charge on any atom is 0.0332 e. The Morgan fingerprint density at radius 1 is 1.35 bits per heavy atom. The Hall–Kier alpha value is -0.380. The largest absolute Gasteiger partial charge is 0.309 e. The molecule has 2 heterocycles. The van der Waals surface area contributed by atoms with Gasteiger partial charge in [0.1, 0.15) is 0 Å². The van der Waals surface area contributed by atoms with Crippen LogP contribution in [0.1, 0.15) is 50.8 Å². The molecule has 0 aliphatic carbocycles. The first-order valence-corrected chi connectivity index (χ1v) is 8.85. The van der Waals surface area contributed by atoms with Gasteiger partial charge in [-0.15, -0.1) is 11.3 Å². The fraction of sp³-hybridized carbons (Fsp3) is 0.765. The summed E-state index contributed by atoms with van der Waals surface area (Å²) in [5.41, 5.74) is 0.274. The van der Waals surface area contributed by atoms with Crippen LogP contribution in [0.3, 0.4) is 0 Å². The maximum absolute atomic E-state index is 3.77. The van der Waals surface area contributed by atoms with Crippen molar-refractivity contribution in [1.29, 1.82) is 0 Å². The number of thiophene rings is 1. The van der Waals surface area contributed by atoms with Crippen molar-refractivity contribution in [3.05, 3.63) is 21.9 Å². The third kappa shape index (κ3) is 3.63. The summed E-state index contributed by atoms with van der Waals surface area (Å²) in [6.45, 7) is 15.0. The topological polar surface area (TPSA) is 15.3 Å². The summed E-state index contributed by atoms with van der Waals surface area (Å²) >= 11 is 1.99. The van der Waals surface area contributed by atoms with E-state index < -0.39 is 0 Å². The Bertz CT molecular complexity index is 426. The van der Waals surface area contributed by atoms with Crippen LogP contribution in [-0.4, -0.2) is 29.6 Å². The number of nitrogens with one attached hydrogen (secondary N) is 1. The molecule has 0 spiro atoms. The number of hydrogen-bond donors (Lipinski definition) is 1. The van der Waals surface area contributed by atoms with Crippen LogP contribution in [0, 0.1) is 5.92 Å². The van der Waals surface area contributed by atoms with Crippen molar-refractivity contribution < 1.29 is 0 Å². The Balaban J connectivity index is 2.10. The van der Waals surface area contributed by atoms with Crippen LogP contribution in [0.2, 0.25) is 0 Å². The van der Waals surface area contributed by atoms with Gasteiger partial charge in [-0.2, -0.15) is 0 Å². The molecule has 2 rings (SSSR count). The van der Waals surface area contributed by atoms with Gasteiger partial charge in [0.2, 0.25) is 0 Å². The Labute approximate surface area is 128 Å². The highest BCUT2D eigenvalue weighted by Crippen LogP contribution is 2.27. The van der Waals surface area contributed by atoms with E-state index in [0.29, 0.717) is 12.0 Å². The predicted molar refractivity (Wildman–Crippen MR) is 89.4 cm³/mol. The van der Waals surface area contributed by atoms with Gasteiger partial charge in [-0.05, 0) is 37.8 Å². The van der Waals surface area contributed by atoms with Crippen molar-refractivity contribution in [2.45, 2.75) is 65.6 Å². The molecule has 3 heteroatoms. The summed E-state index contributed by atoms with van der Waals surface area (Å²) < 4.78 is 0. The first-order valence-electron chi connectivity index (χ1n) is 8.04. The Morgan fingerprint density at radius 2 is 2.05 bits per heavy atom. The van der Waals surface area contributed by atoms with E-state index >= 15 is 0 Å². The average molecular weight is 295 g/mol. The highest BCUT2D eigenvalue weighted by Gasteiger charge is 2.35. The minimum Gasteiger partial charge on any atom is -0.309 e. The molecule has 2 nitrogen and oxygen atoms in total. The molecular formula is C17H30N2S. The van der Waals surface area contributed by atoms with Crippen LogP contribution in [0.5, 0.6) is 0 Å². The molecular weight excluding hydrogens is 264 g/mol. The fourth-order valence-electron chi connectivity index (χ4n) is 3.07. The first kappa shape index (κ1) is 16.0.